The van der Waals surface area contributed by atoms with Gasteiger partial charge in [-0.15, -0.1) is 0 Å². The van der Waals surface area contributed by atoms with Crippen molar-refractivity contribution in [3.63, 3.8) is 0 Å². The first-order valence-electron chi connectivity index (χ1n) is 35.6. The number of carbonyl (C=O) groups is 4. The second-order valence-corrected chi connectivity index (χ2v) is 31.8. The third-order valence-electron chi connectivity index (χ3n) is 25.7. The van der Waals surface area contributed by atoms with Crippen molar-refractivity contribution in [3.05, 3.63) is 23.3 Å². The van der Waals surface area contributed by atoms with E-state index in [1.54, 1.807) is 11.1 Å². The minimum Gasteiger partial charge on any atom is -0.462 e. The number of ketones is 2. The van der Waals surface area contributed by atoms with Crippen molar-refractivity contribution < 1.29 is 28.7 Å². The van der Waals surface area contributed by atoms with Crippen molar-refractivity contribution in [1.29, 1.82) is 0 Å². The predicted octanol–water partition coefficient (Wildman–Crippen LogP) is 20.7. The number of Topliss-reactive ketones (excluding diaryl/α,β-unsaturated/α-hetero) is 2. The van der Waals surface area contributed by atoms with Gasteiger partial charge in [-0.2, -0.15) is 0 Å². The third-order valence-corrected chi connectivity index (χ3v) is 25.7. The van der Waals surface area contributed by atoms with Gasteiger partial charge in [0.2, 0.25) is 0 Å². The smallest absolute Gasteiger partial charge is 0.306 e. The van der Waals surface area contributed by atoms with Crippen LogP contribution in [0.15, 0.2) is 23.3 Å². The van der Waals surface area contributed by atoms with Crippen molar-refractivity contribution >= 4 is 23.5 Å². The summed E-state index contributed by atoms with van der Waals surface area (Å²) >= 11 is 0. The standard InChI is InChI=1S/C75H124O6/c1-52(2)24-22-26-54(5)64-36-38-66-62-34-30-56-50-60(42-46-72(56,7)68(62)44-48-74(64,66)9)80-70(78)40-32-58(76)28-20-18-16-14-12-11-13-15-17-19-21-29-59(77)33-41-71(79)81-61-43-47-73(8)57(51-61)31-35-63-67-39-37-65(55(6)27-23-25-53(3)4)75(67,10)49-45-69(63)73/h30-31,52-55,60-69H,11-29,32-51H2,1-10H3. The molecule has 16 unspecified atom stereocenters. The average molecular weight is 1120 g/mol. The number of fused-ring (bicyclic) bond motifs is 10. The zero-order valence-electron chi connectivity index (χ0n) is 54.3. The van der Waals surface area contributed by atoms with E-state index < -0.39 is 0 Å². The van der Waals surface area contributed by atoms with E-state index in [4.69, 9.17) is 9.47 Å². The van der Waals surface area contributed by atoms with E-state index >= 15 is 0 Å². The van der Waals surface area contributed by atoms with E-state index in [9.17, 15) is 19.2 Å². The zero-order valence-corrected chi connectivity index (χ0v) is 54.3. The molecule has 0 aliphatic heterocycles. The lowest BCUT2D eigenvalue weighted by atomic mass is 9.47. The number of ether oxygens (including phenoxy) is 2. The molecular weight excluding hydrogens is 997 g/mol. The molecule has 6 fully saturated rings. The zero-order chi connectivity index (χ0) is 58.0. The molecule has 0 aromatic carbocycles. The predicted molar refractivity (Wildman–Crippen MR) is 334 cm³/mol. The van der Waals surface area contributed by atoms with Gasteiger partial charge in [0.25, 0.3) is 0 Å². The largest absolute Gasteiger partial charge is 0.462 e. The maximum Gasteiger partial charge on any atom is 0.306 e. The summed E-state index contributed by atoms with van der Waals surface area (Å²) in [7, 11) is 0. The molecule has 0 bridgehead atoms. The second kappa shape index (κ2) is 29.4. The highest BCUT2D eigenvalue weighted by atomic mass is 16.5. The summed E-state index contributed by atoms with van der Waals surface area (Å²) in [5.41, 5.74) is 4.63. The molecule has 0 aromatic heterocycles. The van der Waals surface area contributed by atoms with Crippen LogP contribution < -0.4 is 0 Å². The highest BCUT2D eigenvalue weighted by molar-refractivity contribution is 5.83. The summed E-state index contributed by atoms with van der Waals surface area (Å²) in [6.45, 7) is 25.1. The Kier molecular flexibility index (Phi) is 23.5. The number of allylic oxidation sites excluding steroid dienone is 2. The molecule has 8 aliphatic carbocycles. The van der Waals surface area contributed by atoms with Gasteiger partial charge in [-0.1, -0.05) is 189 Å². The third kappa shape index (κ3) is 15.9. The van der Waals surface area contributed by atoms with Crippen molar-refractivity contribution in [3.8, 4) is 0 Å². The number of carbonyl (C=O) groups excluding carboxylic acids is 4. The Morgan fingerprint density at radius 1 is 0.420 bits per heavy atom. The summed E-state index contributed by atoms with van der Waals surface area (Å²) in [6.07, 6.45) is 47.7. The molecular formula is C75H124O6. The van der Waals surface area contributed by atoms with Gasteiger partial charge in [0.15, 0.2) is 0 Å². The van der Waals surface area contributed by atoms with E-state index in [-0.39, 0.29) is 59.4 Å². The quantitative estimate of drug-likeness (QED) is 0.0379. The summed E-state index contributed by atoms with van der Waals surface area (Å²) in [4.78, 5) is 51.6. The Labute approximate surface area is 497 Å². The van der Waals surface area contributed by atoms with Crippen LogP contribution in [-0.2, 0) is 28.7 Å². The van der Waals surface area contributed by atoms with Crippen LogP contribution in [0.25, 0.3) is 0 Å². The lowest BCUT2D eigenvalue weighted by Gasteiger charge is -2.58. The number of hydrogen-bond acceptors (Lipinski definition) is 6. The highest BCUT2D eigenvalue weighted by Crippen LogP contribution is 2.69. The lowest BCUT2D eigenvalue weighted by molar-refractivity contribution is -0.153. The first-order valence-corrected chi connectivity index (χ1v) is 35.6. The number of unbranched alkanes of at least 4 members (excludes halogenated alkanes) is 10. The van der Waals surface area contributed by atoms with Gasteiger partial charge in [0.05, 0.1) is 12.8 Å². The van der Waals surface area contributed by atoms with E-state index in [0.717, 1.165) is 135 Å². The van der Waals surface area contributed by atoms with Crippen LogP contribution in [0.1, 0.15) is 320 Å². The van der Waals surface area contributed by atoms with Gasteiger partial charge >= 0.3 is 11.9 Å². The summed E-state index contributed by atoms with van der Waals surface area (Å²) in [5, 5.41) is 0. The van der Waals surface area contributed by atoms with Crippen molar-refractivity contribution in [2.75, 3.05) is 0 Å². The molecule has 460 valence electrons. The molecule has 6 heteroatoms. The van der Waals surface area contributed by atoms with Crippen LogP contribution in [0.4, 0.5) is 0 Å². The number of hydrogen-bond donors (Lipinski definition) is 0. The van der Waals surface area contributed by atoms with Crippen LogP contribution in [0.2, 0.25) is 0 Å². The molecule has 0 aromatic rings. The number of rotatable bonds is 32. The summed E-state index contributed by atoms with van der Waals surface area (Å²) in [5.74, 6) is 9.99. The van der Waals surface area contributed by atoms with Crippen LogP contribution in [0.5, 0.6) is 0 Å². The first kappa shape index (κ1) is 64.8. The molecule has 81 heavy (non-hydrogen) atoms. The Morgan fingerprint density at radius 3 is 1.16 bits per heavy atom. The number of esters is 2. The van der Waals surface area contributed by atoms with Crippen LogP contribution in [0.3, 0.4) is 0 Å². The maximum atomic E-state index is 13.0. The van der Waals surface area contributed by atoms with Crippen LogP contribution in [-0.4, -0.2) is 35.7 Å². The molecule has 0 heterocycles. The van der Waals surface area contributed by atoms with Crippen LogP contribution in [0, 0.1) is 92.7 Å². The van der Waals surface area contributed by atoms with Crippen molar-refractivity contribution in [2.45, 2.75) is 332 Å². The van der Waals surface area contributed by atoms with Gasteiger partial charge in [-0.3, -0.25) is 19.2 Å². The molecule has 6 nitrogen and oxygen atoms in total. The van der Waals surface area contributed by atoms with Gasteiger partial charge in [-0.25, -0.2) is 0 Å². The SMILES string of the molecule is CC(C)CCCC(C)C1CCC2C3CC=C4CC(OC(=O)CCC(=O)CCCCCCCCCCCCCC(=O)CCC(=O)OC5CCC6(C)C(=CCC7C6CCC6(C)C(C(C)CCCC(C)C)CCC76)C5)CCC4(C)C3CCC12C. The Balaban J connectivity index is 0.602. The molecule has 8 rings (SSSR count). The topological polar surface area (TPSA) is 86.7 Å². The van der Waals surface area contributed by atoms with E-state index in [1.165, 1.54) is 148 Å². The molecule has 16 atom stereocenters. The molecule has 0 amide bonds. The lowest BCUT2D eigenvalue weighted by Crippen LogP contribution is -2.51. The minimum absolute atomic E-state index is 0.0364. The fourth-order valence-electron chi connectivity index (χ4n) is 21.0. The van der Waals surface area contributed by atoms with Gasteiger partial charge in [0, 0.05) is 38.5 Å². The van der Waals surface area contributed by atoms with E-state index in [0.29, 0.717) is 36.5 Å². The first-order chi connectivity index (χ1) is 38.7. The Morgan fingerprint density at radius 2 is 0.790 bits per heavy atom. The van der Waals surface area contributed by atoms with Crippen molar-refractivity contribution in [1.82, 2.24) is 0 Å². The normalized spacial score (nSPS) is 35.8. The molecule has 0 spiro atoms. The fourth-order valence-corrected chi connectivity index (χ4v) is 21.0. The second-order valence-electron chi connectivity index (χ2n) is 31.8. The summed E-state index contributed by atoms with van der Waals surface area (Å²) in [6, 6.07) is 0. The monoisotopic (exact) mass is 1120 g/mol. The Bertz CT molecular complexity index is 1970. The Hall–Kier alpha value is -2.24. The van der Waals surface area contributed by atoms with Gasteiger partial charge in [-0.05, 0) is 195 Å². The average Bonchev–Trinajstić information content (AvgIpc) is 4.22. The minimum atomic E-state index is -0.182. The molecule has 8 aliphatic rings. The molecule has 0 saturated heterocycles. The molecule has 0 N–H and O–H groups in total. The van der Waals surface area contributed by atoms with Gasteiger partial charge < -0.3 is 9.47 Å². The summed E-state index contributed by atoms with van der Waals surface area (Å²) < 4.78 is 12.2. The van der Waals surface area contributed by atoms with E-state index in [1.807, 2.05) is 0 Å². The van der Waals surface area contributed by atoms with Crippen molar-refractivity contribution in [2.24, 2.45) is 92.7 Å². The maximum absolute atomic E-state index is 13.0. The van der Waals surface area contributed by atoms with E-state index in [2.05, 4.69) is 81.4 Å². The van der Waals surface area contributed by atoms with Gasteiger partial charge in [0.1, 0.15) is 23.8 Å². The molecule has 0 radical (unpaired) electrons. The van der Waals surface area contributed by atoms with Crippen LogP contribution >= 0.6 is 0 Å². The molecule has 6 saturated carbocycles. The fraction of sp³-hybridized carbons (Fsp3) is 0.893. The highest BCUT2D eigenvalue weighted by Gasteiger charge is 2.61.